The van der Waals surface area contributed by atoms with Crippen molar-refractivity contribution in [2.75, 3.05) is 27.8 Å². The van der Waals surface area contributed by atoms with Gasteiger partial charge in [0.2, 0.25) is 0 Å². The van der Waals surface area contributed by atoms with Gasteiger partial charge < -0.3 is 14.6 Å². The second-order valence-corrected chi connectivity index (χ2v) is 4.76. The predicted octanol–water partition coefficient (Wildman–Crippen LogP) is 1.67. The molecule has 0 amide bonds. The zero-order valence-electron chi connectivity index (χ0n) is 11.6. The summed E-state index contributed by atoms with van der Waals surface area (Å²) in [6, 6.07) is 7.84. The number of methoxy groups -OCH3 is 2. The monoisotopic (exact) mass is 263 g/mol. The highest BCUT2D eigenvalue weighted by molar-refractivity contribution is 5.58. The summed E-state index contributed by atoms with van der Waals surface area (Å²) < 4.78 is 10.4. The molecule has 4 heteroatoms. The Kier molecular flexibility index (Phi) is 4.71. The van der Waals surface area contributed by atoms with Crippen molar-refractivity contribution in [1.82, 2.24) is 4.90 Å². The van der Waals surface area contributed by atoms with Crippen LogP contribution in [0, 0.1) is 0 Å². The molecule has 19 heavy (non-hydrogen) atoms. The normalized spacial score (nSPS) is 22.0. The Labute approximate surface area is 114 Å². The van der Waals surface area contributed by atoms with E-state index in [2.05, 4.69) is 6.08 Å². The fourth-order valence-electron chi connectivity index (χ4n) is 2.41. The number of aliphatic hydroxyl groups excluding tert-OH is 1. The average molecular weight is 263 g/mol. The molecule has 0 aliphatic heterocycles. The molecule has 0 unspecified atom stereocenters. The van der Waals surface area contributed by atoms with Crippen molar-refractivity contribution in [2.24, 2.45) is 0 Å². The number of ether oxygens (including phenoxy) is 2. The van der Waals surface area contributed by atoms with E-state index in [4.69, 9.17) is 9.47 Å². The van der Waals surface area contributed by atoms with E-state index in [1.165, 1.54) is 0 Å². The molecule has 0 spiro atoms. The second-order valence-electron chi connectivity index (χ2n) is 4.76. The molecule has 0 radical (unpaired) electrons. The topological polar surface area (TPSA) is 41.9 Å². The van der Waals surface area contributed by atoms with Gasteiger partial charge in [-0.3, -0.25) is 4.90 Å². The van der Waals surface area contributed by atoms with Crippen LogP contribution in [0.15, 0.2) is 30.3 Å². The van der Waals surface area contributed by atoms with Crippen molar-refractivity contribution in [3.05, 3.63) is 41.5 Å². The number of hydrogen-bond donors (Lipinski definition) is 1. The van der Waals surface area contributed by atoms with E-state index >= 15 is 0 Å². The number of aliphatic hydroxyl groups is 1. The van der Waals surface area contributed by atoms with Gasteiger partial charge in [0.1, 0.15) is 0 Å². The Morgan fingerprint density at radius 3 is 2.63 bits per heavy atom. The van der Waals surface area contributed by atoms with Gasteiger partial charge in [-0.2, -0.15) is 0 Å². The standard InChI is InChI=1S/C15H21NO3/c1-16(10-14(18-2)19-3)13-9-8-11-6-4-5-7-12(11)15(13)17/h4-9,13-15,17H,10H2,1-3H3/t13-,15-/m0/s1. The van der Waals surface area contributed by atoms with E-state index < -0.39 is 6.10 Å². The Balaban J connectivity index is 2.11. The van der Waals surface area contributed by atoms with Crippen LogP contribution >= 0.6 is 0 Å². The van der Waals surface area contributed by atoms with Crippen LogP contribution in [0.25, 0.3) is 6.08 Å². The van der Waals surface area contributed by atoms with Crippen molar-refractivity contribution in [3.63, 3.8) is 0 Å². The molecule has 4 nitrogen and oxygen atoms in total. The van der Waals surface area contributed by atoms with Gasteiger partial charge in [0.05, 0.1) is 12.1 Å². The highest BCUT2D eigenvalue weighted by Crippen LogP contribution is 2.30. The predicted molar refractivity (Wildman–Crippen MR) is 74.7 cm³/mol. The highest BCUT2D eigenvalue weighted by Gasteiger charge is 2.28. The van der Waals surface area contributed by atoms with E-state index in [1.807, 2.05) is 42.3 Å². The van der Waals surface area contributed by atoms with Gasteiger partial charge in [0, 0.05) is 20.8 Å². The molecule has 0 saturated heterocycles. The molecule has 1 aliphatic carbocycles. The minimum absolute atomic E-state index is 0.0669. The maximum absolute atomic E-state index is 10.5. The number of likely N-dealkylation sites (N-methyl/N-ethyl adjacent to an activating group) is 1. The molecule has 0 aromatic heterocycles. The van der Waals surface area contributed by atoms with E-state index in [1.54, 1.807) is 14.2 Å². The summed E-state index contributed by atoms with van der Waals surface area (Å²) in [4.78, 5) is 2.04. The fourth-order valence-corrected chi connectivity index (χ4v) is 2.41. The molecule has 1 aromatic rings. The van der Waals surface area contributed by atoms with Crippen LogP contribution in [0.3, 0.4) is 0 Å². The van der Waals surface area contributed by atoms with Crippen molar-refractivity contribution >= 4 is 6.08 Å². The lowest BCUT2D eigenvalue weighted by Crippen LogP contribution is -2.42. The molecule has 1 N–H and O–H groups in total. The van der Waals surface area contributed by atoms with E-state index in [-0.39, 0.29) is 12.3 Å². The van der Waals surface area contributed by atoms with Crippen LogP contribution in [-0.2, 0) is 9.47 Å². The fraction of sp³-hybridized carbons (Fsp3) is 0.467. The van der Waals surface area contributed by atoms with Crippen LogP contribution < -0.4 is 0 Å². The first-order valence-corrected chi connectivity index (χ1v) is 6.38. The summed E-state index contributed by atoms with van der Waals surface area (Å²) in [5.41, 5.74) is 2.04. The van der Waals surface area contributed by atoms with Crippen LogP contribution in [0.5, 0.6) is 0 Å². The molecule has 2 rings (SSSR count). The SMILES string of the molecule is COC(CN(C)[C@H]1C=Cc2ccccc2[C@@H]1O)OC. The van der Waals surface area contributed by atoms with Gasteiger partial charge in [-0.15, -0.1) is 0 Å². The van der Waals surface area contributed by atoms with Crippen molar-refractivity contribution in [2.45, 2.75) is 18.4 Å². The Morgan fingerprint density at radius 2 is 1.95 bits per heavy atom. The van der Waals surface area contributed by atoms with Crippen LogP contribution in [0.2, 0.25) is 0 Å². The zero-order valence-corrected chi connectivity index (χ0v) is 11.6. The van der Waals surface area contributed by atoms with Gasteiger partial charge in [0.25, 0.3) is 0 Å². The van der Waals surface area contributed by atoms with E-state index in [9.17, 15) is 5.11 Å². The molecule has 0 heterocycles. The summed E-state index contributed by atoms with van der Waals surface area (Å²) in [7, 11) is 5.19. The third-order valence-corrected chi connectivity index (χ3v) is 3.58. The second kappa shape index (κ2) is 6.30. The third kappa shape index (κ3) is 3.04. The number of hydrogen-bond acceptors (Lipinski definition) is 4. The molecule has 104 valence electrons. The quantitative estimate of drug-likeness (QED) is 0.821. The smallest absolute Gasteiger partial charge is 0.169 e. The maximum atomic E-state index is 10.5. The van der Waals surface area contributed by atoms with Crippen molar-refractivity contribution < 1.29 is 14.6 Å². The number of rotatable bonds is 5. The van der Waals surface area contributed by atoms with Crippen LogP contribution in [-0.4, -0.2) is 50.2 Å². The number of nitrogens with zero attached hydrogens (tertiary/aromatic N) is 1. The summed E-state index contributed by atoms with van der Waals surface area (Å²) in [6.45, 7) is 0.598. The molecular weight excluding hydrogens is 242 g/mol. The molecule has 0 bridgehead atoms. The highest BCUT2D eigenvalue weighted by atomic mass is 16.7. The Morgan fingerprint density at radius 1 is 1.26 bits per heavy atom. The molecule has 1 aromatic carbocycles. The van der Waals surface area contributed by atoms with Gasteiger partial charge in [-0.1, -0.05) is 36.4 Å². The molecule has 0 fully saturated rings. The molecule has 1 aliphatic rings. The third-order valence-electron chi connectivity index (χ3n) is 3.58. The molecular formula is C15H21NO3. The first kappa shape index (κ1) is 14.2. The summed E-state index contributed by atoms with van der Waals surface area (Å²) >= 11 is 0. The summed E-state index contributed by atoms with van der Waals surface area (Å²) in [5, 5.41) is 10.5. The van der Waals surface area contributed by atoms with Gasteiger partial charge >= 0.3 is 0 Å². The van der Waals surface area contributed by atoms with Gasteiger partial charge in [-0.25, -0.2) is 0 Å². The molecule has 0 saturated carbocycles. The van der Waals surface area contributed by atoms with Crippen LogP contribution in [0.4, 0.5) is 0 Å². The number of benzene rings is 1. The van der Waals surface area contributed by atoms with Crippen LogP contribution in [0.1, 0.15) is 17.2 Å². The van der Waals surface area contributed by atoms with Crippen molar-refractivity contribution in [3.8, 4) is 0 Å². The lowest BCUT2D eigenvalue weighted by molar-refractivity contribution is -0.119. The van der Waals surface area contributed by atoms with Gasteiger partial charge in [-0.05, 0) is 18.2 Å². The Hall–Kier alpha value is -1.20. The van der Waals surface area contributed by atoms with E-state index in [0.717, 1.165) is 11.1 Å². The first-order valence-electron chi connectivity index (χ1n) is 6.38. The lowest BCUT2D eigenvalue weighted by Gasteiger charge is -2.34. The van der Waals surface area contributed by atoms with Crippen molar-refractivity contribution in [1.29, 1.82) is 0 Å². The maximum Gasteiger partial charge on any atom is 0.169 e. The molecule has 2 atom stereocenters. The average Bonchev–Trinajstić information content (AvgIpc) is 2.45. The van der Waals surface area contributed by atoms with Gasteiger partial charge in [0.15, 0.2) is 6.29 Å². The zero-order chi connectivity index (χ0) is 13.8. The minimum atomic E-state index is -0.527. The Bertz CT molecular complexity index is 443. The number of fused-ring (bicyclic) bond motifs is 1. The largest absolute Gasteiger partial charge is 0.386 e. The van der Waals surface area contributed by atoms with E-state index in [0.29, 0.717) is 6.54 Å². The summed E-state index contributed by atoms with van der Waals surface area (Å²) in [5.74, 6) is 0. The first-order chi connectivity index (χ1) is 9.17. The minimum Gasteiger partial charge on any atom is -0.386 e. The summed E-state index contributed by atoms with van der Waals surface area (Å²) in [6.07, 6.45) is 3.26. The lowest BCUT2D eigenvalue weighted by atomic mass is 9.91.